The van der Waals surface area contributed by atoms with Gasteiger partial charge in [-0.2, -0.15) is 9.61 Å². The van der Waals surface area contributed by atoms with Crippen LogP contribution in [0.25, 0.3) is 16.2 Å². The maximum atomic E-state index is 5.91. The van der Waals surface area contributed by atoms with Crippen LogP contribution in [0, 0.1) is 0 Å². The molecule has 4 rings (SSSR count). The number of thiophene rings is 1. The highest BCUT2D eigenvalue weighted by Crippen LogP contribution is 2.25. The van der Waals surface area contributed by atoms with Gasteiger partial charge < -0.3 is 0 Å². The average Bonchev–Trinajstić information content (AvgIpc) is 3.24. The van der Waals surface area contributed by atoms with Crippen LogP contribution in [-0.4, -0.2) is 19.8 Å². The summed E-state index contributed by atoms with van der Waals surface area (Å²) < 4.78 is 1.80. The Morgan fingerprint density at radius 1 is 1.04 bits per heavy atom. The Balaban J connectivity index is 1.62. The van der Waals surface area contributed by atoms with Crippen molar-refractivity contribution >= 4 is 40.3 Å². The van der Waals surface area contributed by atoms with Crippen molar-refractivity contribution in [2.45, 2.75) is 10.9 Å². The number of aromatic nitrogens is 4. The number of fused-ring (bicyclic) bond motifs is 1. The van der Waals surface area contributed by atoms with Crippen molar-refractivity contribution in [1.82, 2.24) is 19.8 Å². The van der Waals surface area contributed by atoms with Crippen LogP contribution in [0.15, 0.2) is 59.1 Å². The van der Waals surface area contributed by atoms with Gasteiger partial charge >= 0.3 is 0 Å². The van der Waals surface area contributed by atoms with Crippen LogP contribution < -0.4 is 0 Å². The van der Waals surface area contributed by atoms with E-state index >= 15 is 0 Å². The van der Waals surface area contributed by atoms with Gasteiger partial charge in [0.2, 0.25) is 5.16 Å². The molecule has 0 aliphatic heterocycles. The number of hydrogen-bond donors (Lipinski definition) is 0. The molecule has 0 saturated heterocycles. The zero-order valence-corrected chi connectivity index (χ0v) is 14.3. The number of benzene rings is 1. The van der Waals surface area contributed by atoms with E-state index in [9.17, 15) is 0 Å². The molecule has 0 bridgehead atoms. The molecule has 0 unspecified atom stereocenters. The summed E-state index contributed by atoms with van der Waals surface area (Å²) in [4.78, 5) is 1.13. The third-order valence-corrected chi connectivity index (χ3v) is 5.42. The lowest BCUT2D eigenvalue weighted by molar-refractivity contribution is 0.813. The number of thioether (sulfide) groups is 1. The molecule has 0 spiro atoms. The highest BCUT2D eigenvalue weighted by molar-refractivity contribution is 7.98. The van der Waals surface area contributed by atoms with Gasteiger partial charge in [0.25, 0.3) is 0 Å². The lowest BCUT2D eigenvalue weighted by atomic mass is 10.2. The molecule has 0 aliphatic rings. The lowest BCUT2D eigenvalue weighted by Crippen LogP contribution is -1.95. The van der Waals surface area contributed by atoms with Gasteiger partial charge in [0, 0.05) is 10.8 Å². The van der Waals surface area contributed by atoms with E-state index in [-0.39, 0.29) is 0 Å². The molecule has 23 heavy (non-hydrogen) atoms. The van der Waals surface area contributed by atoms with Gasteiger partial charge in [-0.1, -0.05) is 41.6 Å². The molecule has 7 heteroatoms. The van der Waals surface area contributed by atoms with E-state index in [1.54, 1.807) is 27.6 Å². The molecule has 3 aromatic heterocycles. The van der Waals surface area contributed by atoms with E-state index in [0.717, 1.165) is 32.2 Å². The highest BCUT2D eigenvalue weighted by Gasteiger charge is 2.10. The van der Waals surface area contributed by atoms with E-state index < -0.39 is 0 Å². The predicted molar refractivity (Wildman–Crippen MR) is 95.1 cm³/mol. The molecule has 114 valence electrons. The fourth-order valence-electron chi connectivity index (χ4n) is 2.14. The minimum absolute atomic E-state index is 0.744. The third kappa shape index (κ3) is 3.10. The van der Waals surface area contributed by atoms with Gasteiger partial charge in [0.1, 0.15) is 5.69 Å². The average molecular weight is 359 g/mol. The second-order valence-corrected chi connectivity index (χ2v) is 7.19. The van der Waals surface area contributed by atoms with Crippen molar-refractivity contribution in [3.05, 3.63) is 64.5 Å². The summed E-state index contributed by atoms with van der Waals surface area (Å²) in [7, 11) is 0. The fraction of sp³-hybridized carbons (Fsp3) is 0.0625. The number of rotatable bonds is 4. The Hall–Kier alpha value is -1.89. The maximum Gasteiger partial charge on any atom is 0.212 e. The third-order valence-electron chi connectivity index (χ3n) is 3.29. The highest BCUT2D eigenvalue weighted by atomic mass is 35.5. The van der Waals surface area contributed by atoms with Gasteiger partial charge in [-0.15, -0.1) is 21.5 Å². The zero-order valence-electron chi connectivity index (χ0n) is 11.9. The molecule has 0 aliphatic carbocycles. The van der Waals surface area contributed by atoms with E-state index in [2.05, 4.69) is 21.4 Å². The largest absolute Gasteiger partial charge is 0.212 e. The molecule has 3 heterocycles. The summed E-state index contributed by atoms with van der Waals surface area (Å²) >= 11 is 9.19. The summed E-state index contributed by atoms with van der Waals surface area (Å²) in [5.41, 5.74) is 2.87. The Labute approximate surface area is 146 Å². The van der Waals surface area contributed by atoms with Crippen molar-refractivity contribution in [1.29, 1.82) is 0 Å². The number of halogens is 1. The smallest absolute Gasteiger partial charge is 0.187 e. The molecule has 0 fully saturated rings. The summed E-state index contributed by atoms with van der Waals surface area (Å²) in [5, 5.41) is 16.7. The van der Waals surface area contributed by atoms with Crippen LogP contribution in [0.1, 0.15) is 5.56 Å². The first-order chi connectivity index (χ1) is 11.3. The molecule has 4 nitrogen and oxygen atoms in total. The van der Waals surface area contributed by atoms with Gasteiger partial charge in [0.15, 0.2) is 5.65 Å². The Bertz CT molecular complexity index is 933. The molecule has 0 atom stereocenters. The van der Waals surface area contributed by atoms with Gasteiger partial charge in [-0.05, 0) is 41.3 Å². The van der Waals surface area contributed by atoms with E-state index in [1.165, 1.54) is 5.56 Å². The van der Waals surface area contributed by atoms with Crippen LogP contribution in [0.5, 0.6) is 0 Å². The summed E-state index contributed by atoms with van der Waals surface area (Å²) in [6, 6.07) is 15.8. The first-order valence-electron chi connectivity index (χ1n) is 6.93. The van der Waals surface area contributed by atoms with E-state index in [0.29, 0.717) is 0 Å². The van der Waals surface area contributed by atoms with Crippen molar-refractivity contribution in [3.8, 4) is 10.6 Å². The van der Waals surface area contributed by atoms with Crippen LogP contribution in [0.4, 0.5) is 0 Å². The van der Waals surface area contributed by atoms with Gasteiger partial charge in [0.05, 0.1) is 4.88 Å². The monoisotopic (exact) mass is 358 g/mol. The van der Waals surface area contributed by atoms with E-state index in [4.69, 9.17) is 11.6 Å². The normalized spacial score (nSPS) is 11.2. The van der Waals surface area contributed by atoms with Crippen LogP contribution in [0.2, 0.25) is 5.02 Å². The molecule has 0 saturated carbocycles. The fourth-order valence-corrected chi connectivity index (χ4v) is 3.80. The first kappa shape index (κ1) is 14.7. The maximum absolute atomic E-state index is 5.91. The van der Waals surface area contributed by atoms with Crippen molar-refractivity contribution in [2.24, 2.45) is 0 Å². The molecule has 0 radical (unpaired) electrons. The van der Waals surface area contributed by atoms with Gasteiger partial charge in [-0.3, -0.25) is 0 Å². The van der Waals surface area contributed by atoms with E-state index in [1.807, 2.05) is 47.8 Å². The predicted octanol–water partition coefficient (Wildman–Crippen LogP) is 4.80. The van der Waals surface area contributed by atoms with Gasteiger partial charge in [-0.25, -0.2) is 0 Å². The zero-order chi connectivity index (χ0) is 15.6. The van der Waals surface area contributed by atoms with Crippen molar-refractivity contribution in [3.63, 3.8) is 0 Å². The van der Waals surface area contributed by atoms with Crippen LogP contribution in [-0.2, 0) is 5.75 Å². The molecular weight excluding hydrogens is 348 g/mol. The molecule has 4 aromatic rings. The molecule has 1 aromatic carbocycles. The second kappa shape index (κ2) is 6.31. The quantitative estimate of drug-likeness (QED) is 0.491. The SMILES string of the molecule is Clc1ccc(CSc2nnc3ccc(-c4cccs4)nn23)cc1. The minimum Gasteiger partial charge on any atom is -0.187 e. The van der Waals surface area contributed by atoms with Crippen molar-refractivity contribution < 1.29 is 0 Å². The van der Waals surface area contributed by atoms with Crippen LogP contribution >= 0.6 is 34.7 Å². The van der Waals surface area contributed by atoms with Crippen LogP contribution in [0.3, 0.4) is 0 Å². The lowest BCUT2D eigenvalue weighted by Gasteiger charge is -2.02. The standard InChI is InChI=1S/C16H11ClN4S2/c17-12-5-3-11(4-6-12)10-23-16-19-18-15-8-7-13(20-21(15)16)14-2-1-9-22-14/h1-9H,10H2. The summed E-state index contributed by atoms with van der Waals surface area (Å²) in [6.07, 6.45) is 0. The first-order valence-corrected chi connectivity index (χ1v) is 9.17. The van der Waals surface area contributed by atoms with Crippen molar-refractivity contribution in [2.75, 3.05) is 0 Å². The minimum atomic E-state index is 0.744. The molecular formula is C16H11ClN4S2. The Morgan fingerprint density at radius 2 is 1.91 bits per heavy atom. The summed E-state index contributed by atoms with van der Waals surface area (Å²) in [6.45, 7) is 0. The summed E-state index contributed by atoms with van der Waals surface area (Å²) in [5.74, 6) is 0.795. The number of nitrogens with zero attached hydrogens (tertiary/aromatic N) is 4. The molecule has 0 N–H and O–H groups in total. The Morgan fingerprint density at radius 3 is 2.70 bits per heavy atom. The topological polar surface area (TPSA) is 43.1 Å². The Kier molecular flexibility index (Phi) is 4.03. The number of hydrogen-bond acceptors (Lipinski definition) is 5. The molecule has 0 amide bonds. The second-order valence-electron chi connectivity index (χ2n) is 4.86.